The minimum absolute atomic E-state index is 0.0510. The van der Waals surface area contributed by atoms with E-state index in [1.165, 1.54) is 17.7 Å². The number of aromatic nitrogens is 1. The van der Waals surface area contributed by atoms with Crippen LogP contribution in [0.4, 0.5) is 10.1 Å². The molecular formula is C21H22FN3O. The average Bonchev–Trinajstić information content (AvgIpc) is 2.98. The highest BCUT2D eigenvalue weighted by atomic mass is 19.1. The Bertz CT molecular complexity index is 953. The van der Waals surface area contributed by atoms with Crippen molar-refractivity contribution in [3.63, 3.8) is 0 Å². The lowest BCUT2D eigenvalue weighted by atomic mass is 10.1. The van der Waals surface area contributed by atoms with Gasteiger partial charge in [-0.25, -0.2) is 4.39 Å². The molecule has 26 heavy (non-hydrogen) atoms. The van der Waals surface area contributed by atoms with Crippen LogP contribution in [0.25, 0.3) is 10.9 Å². The van der Waals surface area contributed by atoms with E-state index >= 15 is 0 Å². The van der Waals surface area contributed by atoms with E-state index in [1.807, 2.05) is 18.7 Å². The van der Waals surface area contributed by atoms with Gasteiger partial charge in [-0.15, -0.1) is 0 Å². The number of hydrogen-bond acceptors (Lipinski definition) is 2. The lowest BCUT2D eigenvalue weighted by Crippen LogP contribution is -2.49. The van der Waals surface area contributed by atoms with Gasteiger partial charge in [-0.1, -0.05) is 12.1 Å². The third-order valence-electron chi connectivity index (χ3n) is 5.19. The van der Waals surface area contributed by atoms with E-state index in [0.717, 1.165) is 35.2 Å². The summed E-state index contributed by atoms with van der Waals surface area (Å²) in [5.41, 5.74) is 4.86. The van der Waals surface area contributed by atoms with Gasteiger partial charge < -0.3 is 14.8 Å². The van der Waals surface area contributed by atoms with Crippen molar-refractivity contribution in [3.05, 3.63) is 65.1 Å². The highest BCUT2D eigenvalue weighted by Gasteiger charge is 2.25. The van der Waals surface area contributed by atoms with Gasteiger partial charge in [-0.3, -0.25) is 4.79 Å². The molecule has 5 heteroatoms. The predicted molar refractivity (Wildman–Crippen MR) is 102 cm³/mol. The molecule has 0 radical (unpaired) electrons. The van der Waals surface area contributed by atoms with E-state index in [0.29, 0.717) is 18.8 Å². The minimum Gasteiger partial charge on any atom is -0.368 e. The summed E-state index contributed by atoms with van der Waals surface area (Å²) in [5.74, 6) is -0.179. The molecule has 0 unspecified atom stereocenters. The molecule has 1 aliphatic heterocycles. The number of piperazine rings is 1. The van der Waals surface area contributed by atoms with E-state index < -0.39 is 0 Å². The fraction of sp³-hybridized carbons (Fsp3) is 0.286. The van der Waals surface area contributed by atoms with Crippen molar-refractivity contribution in [1.82, 2.24) is 9.88 Å². The zero-order chi connectivity index (χ0) is 18.3. The Morgan fingerprint density at radius 1 is 1.00 bits per heavy atom. The quantitative estimate of drug-likeness (QED) is 0.761. The largest absolute Gasteiger partial charge is 0.368 e. The van der Waals surface area contributed by atoms with Crippen LogP contribution >= 0.6 is 0 Å². The van der Waals surface area contributed by atoms with Gasteiger partial charge in [0, 0.05) is 42.8 Å². The number of carbonyl (C=O) groups is 1. The standard InChI is InChI=1S/C21H22FN3O/c1-14-3-8-18-15(2)20(23-19(18)13-14)21(26)25-11-9-24(10-12-25)17-6-4-16(22)5-7-17/h3-8,13,23H,9-12H2,1-2H3. The van der Waals surface area contributed by atoms with Gasteiger partial charge in [0.05, 0.1) is 0 Å². The van der Waals surface area contributed by atoms with Crippen LogP contribution in [-0.4, -0.2) is 42.0 Å². The molecule has 0 aliphatic carbocycles. The lowest BCUT2D eigenvalue weighted by Gasteiger charge is -2.36. The number of aromatic amines is 1. The van der Waals surface area contributed by atoms with E-state index in [4.69, 9.17) is 0 Å². The number of rotatable bonds is 2. The molecule has 2 heterocycles. The molecule has 1 aliphatic rings. The number of anilines is 1. The number of fused-ring (bicyclic) bond motifs is 1. The monoisotopic (exact) mass is 351 g/mol. The van der Waals surface area contributed by atoms with E-state index in [9.17, 15) is 9.18 Å². The van der Waals surface area contributed by atoms with Gasteiger partial charge in [0.25, 0.3) is 5.91 Å². The highest BCUT2D eigenvalue weighted by molar-refractivity contribution is 6.01. The molecule has 1 fully saturated rings. The minimum atomic E-state index is -0.230. The van der Waals surface area contributed by atoms with Crippen molar-refractivity contribution in [1.29, 1.82) is 0 Å². The number of hydrogen-bond donors (Lipinski definition) is 1. The second kappa shape index (κ2) is 6.48. The first-order valence-corrected chi connectivity index (χ1v) is 8.91. The van der Waals surface area contributed by atoms with Crippen molar-refractivity contribution in [2.75, 3.05) is 31.1 Å². The van der Waals surface area contributed by atoms with Crippen molar-refractivity contribution in [2.24, 2.45) is 0 Å². The van der Waals surface area contributed by atoms with Gasteiger partial charge in [-0.05, 0) is 55.3 Å². The molecule has 0 saturated carbocycles. The zero-order valence-corrected chi connectivity index (χ0v) is 15.1. The van der Waals surface area contributed by atoms with Gasteiger partial charge >= 0.3 is 0 Å². The van der Waals surface area contributed by atoms with E-state index in [2.05, 4.69) is 28.1 Å². The van der Waals surface area contributed by atoms with Crippen LogP contribution in [0.2, 0.25) is 0 Å². The maximum atomic E-state index is 13.1. The topological polar surface area (TPSA) is 39.3 Å². The summed E-state index contributed by atoms with van der Waals surface area (Å²) in [7, 11) is 0. The molecule has 134 valence electrons. The Morgan fingerprint density at radius 3 is 2.38 bits per heavy atom. The number of nitrogens with zero attached hydrogens (tertiary/aromatic N) is 2. The van der Waals surface area contributed by atoms with Crippen molar-refractivity contribution in [3.8, 4) is 0 Å². The number of benzene rings is 2. The highest BCUT2D eigenvalue weighted by Crippen LogP contribution is 2.24. The normalized spacial score (nSPS) is 14.9. The number of H-pyrrole nitrogens is 1. The maximum absolute atomic E-state index is 13.1. The number of amides is 1. The van der Waals surface area contributed by atoms with Crippen LogP contribution in [0.15, 0.2) is 42.5 Å². The Morgan fingerprint density at radius 2 is 1.69 bits per heavy atom. The number of halogens is 1. The SMILES string of the molecule is Cc1ccc2c(C)c(C(=O)N3CCN(c4ccc(F)cc4)CC3)[nH]c2c1. The van der Waals surface area contributed by atoms with E-state index in [1.54, 1.807) is 12.1 Å². The van der Waals surface area contributed by atoms with Crippen molar-refractivity contribution >= 4 is 22.5 Å². The Labute approximate surface area is 152 Å². The molecule has 0 atom stereocenters. The first-order valence-electron chi connectivity index (χ1n) is 8.91. The van der Waals surface area contributed by atoms with Crippen LogP contribution in [0, 0.1) is 19.7 Å². The molecule has 1 N–H and O–H groups in total. The molecule has 1 amide bonds. The second-order valence-corrected chi connectivity index (χ2v) is 6.93. The fourth-order valence-electron chi connectivity index (χ4n) is 3.64. The number of aryl methyl sites for hydroxylation is 2. The van der Waals surface area contributed by atoms with Crippen LogP contribution in [0.5, 0.6) is 0 Å². The van der Waals surface area contributed by atoms with Crippen LogP contribution in [-0.2, 0) is 0 Å². The maximum Gasteiger partial charge on any atom is 0.270 e. The van der Waals surface area contributed by atoms with E-state index in [-0.39, 0.29) is 11.7 Å². The van der Waals surface area contributed by atoms with Crippen LogP contribution in [0.1, 0.15) is 21.6 Å². The Kier molecular flexibility index (Phi) is 4.15. The third-order valence-corrected chi connectivity index (χ3v) is 5.19. The summed E-state index contributed by atoms with van der Waals surface area (Å²) in [5, 5.41) is 1.10. The summed E-state index contributed by atoms with van der Waals surface area (Å²) >= 11 is 0. The molecule has 4 rings (SSSR count). The van der Waals surface area contributed by atoms with Gasteiger partial charge in [0.15, 0.2) is 0 Å². The second-order valence-electron chi connectivity index (χ2n) is 6.93. The summed E-state index contributed by atoms with van der Waals surface area (Å²) in [6.45, 7) is 6.85. The first-order chi connectivity index (χ1) is 12.5. The first kappa shape index (κ1) is 16.6. The summed E-state index contributed by atoms with van der Waals surface area (Å²) in [4.78, 5) is 20.4. The number of nitrogens with one attached hydrogen (secondary N) is 1. The molecular weight excluding hydrogens is 329 g/mol. The zero-order valence-electron chi connectivity index (χ0n) is 15.1. The van der Waals surface area contributed by atoms with Crippen LogP contribution < -0.4 is 4.90 Å². The number of carbonyl (C=O) groups excluding carboxylic acids is 1. The third kappa shape index (κ3) is 2.94. The molecule has 0 spiro atoms. The van der Waals surface area contributed by atoms with Crippen molar-refractivity contribution in [2.45, 2.75) is 13.8 Å². The summed E-state index contributed by atoms with van der Waals surface area (Å²) in [6.07, 6.45) is 0. The molecule has 4 nitrogen and oxygen atoms in total. The fourth-order valence-corrected chi connectivity index (χ4v) is 3.64. The lowest BCUT2D eigenvalue weighted by molar-refractivity contribution is 0.0741. The van der Waals surface area contributed by atoms with Gasteiger partial charge in [0.2, 0.25) is 0 Å². The van der Waals surface area contributed by atoms with Gasteiger partial charge in [-0.2, -0.15) is 0 Å². The smallest absolute Gasteiger partial charge is 0.270 e. The molecule has 1 aromatic heterocycles. The van der Waals surface area contributed by atoms with Crippen LogP contribution in [0.3, 0.4) is 0 Å². The molecule has 3 aromatic rings. The summed E-state index contributed by atoms with van der Waals surface area (Å²) < 4.78 is 13.1. The predicted octanol–water partition coefficient (Wildman–Crippen LogP) is 3.89. The van der Waals surface area contributed by atoms with Crippen molar-refractivity contribution < 1.29 is 9.18 Å². The Balaban J connectivity index is 1.50. The summed E-state index contributed by atoms with van der Waals surface area (Å²) in [6, 6.07) is 12.7. The van der Waals surface area contributed by atoms with Gasteiger partial charge in [0.1, 0.15) is 11.5 Å². The molecule has 0 bridgehead atoms. The molecule has 1 saturated heterocycles. The molecule has 2 aromatic carbocycles. The average molecular weight is 351 g/mol. The Hall–Kier alpha value is -2.82.